The fourth-order valence-electron chi connectivity index (χ4n) is 4.80. The molecule has 1 fully saturated rings. The summed E-state index contributed by atoms with van der Waals surface area (Å²) >= 11 is 0. The second-order valence-electron chi connectivity index (χ2n) is 9.12. The number of aromatic nitrogens is 4. The van der Waals surface area contributed by atoms with E-state index < -0.39 is 0 Å². The maximum Gasteiger partial charge on any atom is 0.275 e. The maximum atomic E-state index is 13.4. The summed E-state index contributed by atoms with van der Waals surface area (Å²) in [6, 6.07) is 10.0. The highest BCUT2D eigenvalue weighted by atomic mass is 16.2. The highest BCUT2D eigenvalue weighted by Gasteiger charge is 2.32. The van der Waals surface area contributed by atoms with Gasteiger partial charge in [0.1, 0.15) is 11.4 Å². The zero-order valence-corrected chi connectivity index (χ0v) is 18.2. The number of imidazole rings is 1. The molecule has 162 valence electrons. The van der Waals surface area contributed by atoms with Crippen LogP contribution < -0.4 is 5.56 Å². The molecule has 6 rings (SSSR count). The largest absolute Gasteiger partial charge is 0.361 e. The Hall–Kier alpha value is -3.61. The monoisotopic (exact) mass is 427 g/mol. The molecule has 0 radical (unpaired) electrons. The molecule has 1 aliphatic heterocycles. The number of nitrogens with one attached hydrogen (secondary N) is 1. The molecule has 1 aromatic carbocycles. The first kappa shape index (κ1) is 19.1. The molecule has 7 nitrogen and oxygen atoms in total. The molecule has 32 heavy (non-hydrogen) atoms. The van der Waals surface area contributed by atoms with Gasteiger partial charge in [-0.1, -0.05) is 6.07 Å². The number of hydrogen-bond acceptors (Lipinski definition) is 3. The third-order valence-corrected chi connectivity index (χ3v) is 6.78. The van der Waals surface area contributed by atoms with Gasteiger partial charge in [-0.25, -0.2) is 4.98 Å². The number of benzene rings is 1. The van der Waals surface area contributed by atoms with E-state index >= 15 is 0 Å². The number of aryl methyl sites for hydroxylation is 1. The van der Waals surface area contributed by atoms with Gasteiger partial charge in [0, 0.05) is 42.4 Å². The van der Waals surface area contributed by atoms with Gasteiger partial charge < -0.3 is 19.0 Å². The van der Waals surface area contributed by atoms with Crippen molar-refractivity contribution < 1.29 is 4.79 Å². The molecule has 1 atom stereocenters. The Bertz CT molecular complexity index is 1420. The van der Waals surface area contributed by atoms with Gasteiger partial charge in [-0.05, 0) is 68.0 Å². The van der Waals surface area contributed by atoms with Gasteiger partial charge in [0.25, 0.3) is 11.5 Å². The van der Waals surface area contributed by atoms with Crippen molar-refractivity contribution in [3.63, 3.8) is 0 Å². The summed E-state index contributed by atoms with van der Waals surface area (Å²) in [5, 5.41) is 1.18. The molecular weight excluding hydrogens is 402 g/mol. The lowest BCUT2D eigenvalue weighted by Crippen LogP contribution is -2.49. The zero-order chi connectivity index (χ0) is 22.0. The van der Waals surface area contributed by atoms with Gasteiger partial charge in [0.2, 0.25) is 0 Å². The molecule has 2 aliphatic rings. The van der Waals surface area contributed by atoms with Crippen molar-refractivity contribution in [1.29, 1.82) is 0 Å². The van der Waals surface area contributed by atoms with Crippen molar-refractivity contribution in [1.82, 2.24) is 24.0 Å². The summed E-state index contributed by atoms with van der Waals surface area (Å²) in [6.45, 7) is 4.88. The molecule has 3 aromatic heterocycles. The van der Waals surface area contributed by atoms with Gasteiger partial charge in [0.05, 0.1) is 12.0 Å². The number of hydrogen-bond donors (Lipinski definition) is 1. The van der Waals surface area contributed by atoms with E-state index in [-0.39, 0.29) is 17.5 Å². The quantitative estimate of drug-likeness (QED) is 0.539. The van der Waals surface area contributed by atoms with Crippen LogP contribution in [0.3, 0.4) is 0 Å². The van der Waals surface area contributed by atoms with Gasteiger partial charge >= 0.3 is 0 Å². The van der Waals surface area contributed by atoms with Crippen LogP contribution in [-0.2, 0) is 13.1 Å². The van der Waals surface area contributed by atoms with Crippen LogP contribution in [0.25, 0.3) is 16.6 Å². The number of H-pyrrole nitrogens is 1. The fourth-order valence-corrected chi connectivity index (χ4v) is 4.80. The minimum Gasteiger partial charge on any atom is -0.361 e. The molecule has 0 saturated heterocycles. The van der Waals surface area contributed by atoms with E-state index in [9.17, 15) is 9.59 Å². The van der Waals surface area contributed by atoms with E-state index in [1.807, 2.05) is 31.1 Å². The number of carbonyl (C=O) groups is 1. The molecule has 4 heterocycles. The second-order valence-corrected chi connectivity index (χ2v) is 9.12. The number of fused-ring (bicyclic) bond motifs is 2. The van der Waals surface area contributed by atoms with E-state index in [1.165, 1.54) is 23.8 Å². The Balaban J connectivity index is 1.34. The first-order valence-corrected chi connectivity index (χ1v) is 11.2. The van der Waals surface area contributed by atoms with E-state index in [1.54, 1.807) is 27.6 Å². The lowest BCUT2D eigenvalue weighted by atomic mass is 10.0. The summed E-state index contributed by atoms with van der Waals surface area (Å²) < 4.78 is 3.32. The van der Waals surface area contributed by atoms with Crippen LogP contribution in [0, 0.1) is 6.92 Å². The first-order valence-electron chi connectivity index (χ1n) is 11.2. The van der Waals surface area contributed by atoms with Gasteiger partial charge in [0.15, 0.2) is 0 Å². The Labute approximate surface area is 185 Å². The summed E-state index contributed by atoms with van der Waals surface area (Å²) in [5.41, 5.74) is 5.21. The molecule has 0 unspecified atom stereocenters. The van der Waals surface area contributed by atoms with Crippen LogP contribution in [0.15, 0.2) is 53.8 Å². The molecular formula is C25H25N5O2. The van der Waals surface area contributed by atoms with Crippen LogP contribution in [0.1, 0.15) is 53.0 Å². The first-order chi connectivity index (χ1) is 15.5. The van der Waals surface area contributed by atoms with Gasteiger partial charge in [-0.3, -0.25) is 9.59 Å². The van der Waals surface area contributed by atoms with E-state index in [0.717, 1.165) is 16.8 Å². The van der Waals surface area contributed by atoms with Gasteiger partial charge in [-0.15, -0.1) is 0 Å². The molecule has 0 bridgehead atoms. The van der Waals surface area contributed by atoms with E-state index in [4.69, 9.17) is 0 Å². The van der Waals surface area contributed by atoms with Crippen LogP contribution in [-0.4, -0.2) is 36.0 Å². The zero-order valence-electron chi connectivity index (χ0n) is 18.2. The van der Waals surface area contributed by atoms with E-state index in [2.05, 4.69) is 28.2 Å². The normalized spacial score (nSPS) is 18.4. The summed E-state index contributed by atoms with van der Waals surface area (Å²) in [6.07, 6.45) is 7.98. The number of rotatable bonds is 4. The minimum atomic E-state index is -0.166. The van der Waals surface area contributed by atoms with Crippen LogP contribution in [0.4, 0.5) is 0 Å². The molecule has 0 spiro atoms. The molecule has 1 aliphatic carbocycles. The fraction of sp³-hybridized carbons (Fsp3) is 0.320. The Morgan fingerprint density at radius 2 is 2.00 bits per heavy atom. The van der Waals surface area contributed by atoms with Gasteiger partial charge in [-0.2, -0.15) is 0 Å². The highest BCUT2D eigenvalue weighted by molar-refractivity contribution is 5.94. The highest BCUT2D eigenvalue weighted by Crippen LogP contribution is 2.41. The minimum absolute atomic E-state index is 0.0935. The van der Waals surface area contributed by atoms with Crippen molar-refractivity contribution >= 4 is 16.8 Å². The molecule has 4 aromatic rings. The third kappa shape index (κ3) is 2.99. The summed E-state index contributed by atoms with van der Waals surface area (Å²) in [5.74, 6) is 0.576. The number of pyridine rings is 1. The maximum absolute atomic E-state index is 13.4. The molecule has 1 N–H and O–H groups in total. The van der Waals surface area contributed by atoms with E-state index in [0.29, 0.717) is 30.4 Å². The number of aromatic amines is 1. The molecule has 1 amide bonds. The summed E-state index contributed by atoms with van der Waals surface area (Å²) in [4.78, 5) is 36.0. The average Bonchev–Trinajstić information content (AvgIpc) is 3.43. The molecule has 1 saturated carbocycles. The number of nitrogens with zero attached hydrogens (tertiary/aromatic N) is 4. The molecule has 7 heteroatoms. The van der Waals surface area contributed by atoms with Crippen molar-refractivity contribution in [3.05, 3.63) is 81.9 Å². The average molecular weight is 428 g/mol. The lowest BCUT2D eigenvalue weighted by molar-refractivity contribution is 0.0591. The van der Waals surface area contributed by atoms with Crippen LogP contribution in [0.5, 0.6) is 0 Å². The number of amides is 1. The van der Waals surface area contributed by atoms with Crippen molar-refractivity contribution in [2.24, 2.45) is 0 Å². The Morgan fingerprint density at radius 1 is 1.16 bits per heavy atom. The van der Waals surface area contributed by atoms with Crippen LogP contribution >= 0.6 is 0 Å². The number of carbonyl (C=O) groups excluding carboxylic acids is 1. The second kappa shape index (κ2) is 6.95. The Morgan fingerprint density at radius 3 is 2.75 bits per heavy atom. The SMILES string of the molecule is Cc1cn(-c2ccc3n(c2=O)C[C@@H](C)N(Cc2c[nH]c4ccc(C5CC5)cc24)C3=O)cn1. The Kier molecular flexibility index (Phi) is 4.15. The summed E-state index contributed by atoms with van der Waals surface area (Å²) in [7, 11) is 0. The van der Waals surface area contributed by atoms with Crippen molar-refractivity contribution in [2.75, 3.05) is 0 Å². The standard InChI is InChI=1S/C25H25N5O2/c1-15-11-28(14-27-15)22-7-8-23-25(32)29(16(2)12-30(23)24(22)31)13-19-10-26-21-6-5-18(9-20(19)21)17-3-4-17/h5-11,14,16-17,26H,3-4,12-13H2,1-2H3/t16-/m1/s1. The topological polar surface area (TPSA) is 75.9 Å². The van der Waals surface area contributed by atoms with Crippen molar-refractivity contribution in [3.8, 4) is 5.69 Å². The predicted octanol–water partition coefficient (Wildman–Crippen LogP) is 3.75. The van der Waals surface area contributed by atoms with Crippen LogP contribution in [0.2, 0.25) is 0 Å². The third-order valence-electron chi connectivity index (χ3n) is 6.78. The van der Waals surface area contributed by atoms with Crippen molar-refractivity contribution in [2.45, 2.75) is 51.7 Å². The smallest absolute Gasteiger partial charge is 0.275 e. The predicted molar refractivity (Wildman–Crippen MR) is 122 cm³/mol. The lowest BCUT2D eigenvalue weighted by Gasteiger charge is -2.35.